The van der Waals surface area contributed by atoms with Crippen LogP contribution in [0.4, 0.5) is 0 Å². The van der Waals surface area contributed by atoms with Crippen molar-refractivity contribution in [3.63, 3.8) is 0 Å². The molecular formula is H17KO11S. The first-order valence-electron chi connectivity index (χ1n) is 0.698. The molecule has 0 saturated carbocycles. The van der Waals surface area contributed by atoms with E-state index in [2.05, 4.69) is 0 Å². The summed E-state index contributed by atoms with van der Waals surface area (Å²) in [7, 11) is -4.67. The van der Waals surface area contributed by atoms with Gasteiger partial charge in [0.25, 0.3) is 0 Å². The van der Waals surface area contributed by atoms with Gasteiger partial charge in [-0.1, -0.05) is 0 Å². The summed E-state index contributed by atoms with van der Waals surface area (Å²) < 4.78 is 31.6. The van der Waals surface area contributed by atoms with Gasteiger partial charge in [0.05, 0.1) is 0 Å². The molecule has 0 aliphatic carbocycles. The van der Waals surface area contributed by atoms with Crippen molar-refractivity contribution in [2.24, 2.45) is 0 Å². The third kappa shape index (κ3) is 1110. The molecule has 90 valence electrons. The van der Waals surface area contributed by atoms with Gasteiger partial charge in [0, 0.05) is 0 Å². The van der Waals surface area contributed by atoms with Crippen molar-refractivity contribution < 1.29 is 55.9 Å². The summed E-state index contributed by atoms with van der Waals surface area (Å²) in [5.41, 5.74) is 0. The Morgan fingerprint density at radius 2 is 0.615 bits per heavy atom. The molecule has 13 heteroatoms. The standard InChI is InChI=1S/K.H2O4S.7H2O.H/c;1-5(2,3)4;;;;;;;;/h;(H2,1,2,3,4);7*1H2;. The fourth-order valence-electron chi connectivity index (χ4n) is 0. The van der Waals surface area contributed by atoms with Gasteiger partial charge in [-0.2, -0.15) is 8.42 Å². The Morgan fingerprint density at radius 3 is 0.615 bits per heavy atom. The molecule has 16 N–H and O–H groups in total. The van der Waals surface area contributed by atoms with Gasteiger partial charge in [0.1, 0.15) is 0 Å². The van der Waals surface area contributed by atoms with Crippen molar-refractivity contribution in [2.75, 3.05) is 0 Å². The second kappa shape index (κ2) is 37.9. The zero-order valence-electron chi connectivity index (χ0n) is 5.62. The molecule has 0 unspecified atom stereocenters. The zero-order valence-corrected chi connectivity index (χ0v) is 6.44. The van der Waals surface area contributed by atoms with Crippen molar-refractivity contribution in [3.05, 3.63) is 0 Å². The molecule has 0 radical (unpaired) electrons. The van der Waals surface area contributed by atoms with Crippen LogP contribution < -0.4 is 0 Å². The molecule has 0 bridgehead atoms. The third-order valence-corrected chi connectivity index (χ3v) is 0. The molecule has 0 atom stereocenters. The minimum atomic E-state index is -4.67. The molecule has 0 aromatic carbocycles. The second-order valence-corrected chi connectivity index (χ2v) is 1.34. The van der Waals surface area contributed by atoms with Gasteiger partial charge in [-0.15, -0.1) is 0 Å². The Morgan fingerprint density at radius 1 is 0.615 bits per heavy atom. The van der Waals surface area contributed by atoms with E-state index < -0.39 is 10.4 Å². The zero-order chi connectivity index (χ0) is 4.50. The normalized spacial score (nSPS) is 4.46. The average Bonchev–Trinajstić information content (AvgIpc) is 0.722. The molecular weight excluding hydrogens is 247 g/mol. The van der Waals surface area contributed by atoms with Crippen LogP contribution in [0.15, 0.2) is 0 Å². The fourth-order valence-corrected chi connectivity index (χ4v) is 0. The Balaban J connectivity index is -0.00000000286. The minimum absolute atomic E-state index is 0. The van der Waals surface area contributed by atoms with E-state index in [1.54, 1.807) is 0 Å². The van der Waals surface area contributed by atoms with Crippen LogP contribution in [0.3, 0.4) is 0 Å². The molecule has 0 aromatic heterocycles. The Bertz CT molecular complexity index is 93.3. The molecule has 0 fully saturated rings. The van der Waals surface area contributed by atoms with E-state index in [0.717, 1.165) is 0 Å². The number of hydrogen-bond acceptors (Lipinski definition) is 2. The molecule has 0 rings (SSSR count). The summed E-state index contributed by atoms with van der Waals surface area (Å²) >= 11 is 0. The summed E-state index contributed by atoms with van der Waals surface area (Å²) in [6.07, 6.45) is 0. The predicted octanol–water partition coefficient (Wildman–Crippen LogP) is -7.07. The van der Waals surface area contributed by atoms with Crippen molar-refractivity contribution in [2.45, 2.75) is 0 Å². The van der Waals surface area contributed by atoms with Gasteiger partial charge in [0.15, 0.2) is 0 Å². The van der Waals surface area contributed by atoms with E-state index in [1.165, 1.54) is 0 Å². The maximum atomic E-state index is 8.74. The summed E-state index contributed by atoms with van der Waals surface area (Å²) in [6, 6.07) is 0. The van der Waals surface area contributed by atoms with E-state index in [4.69, 9.17) is 17.5 Å². The first-order valence-corrected chi connectivity index (χ1v) is 2.10. The third-order valence-electron chi connectivity index (χ3n) is 0. The molecule has 0 spiro atoms. The van der Waals surface area contributed by atoms with E-state index in [-0.39, 0.29) is 89.7 Å². The first kappa shape index (κ1) is 91.1. The van der Waals surface area contributed by atoms with Crippen LogP contribution in [-0.4, -0.2) is 107 Å². The molecule has 13 heavy (non-hydrogen) atoms. The topological polar surface area (TPSA) is 295 Å². The van der Waals surface area contributed by atoms with Crippen molar-refractivity contribution in [1.29, 1.82) is 0 Å². The van der Waals surface area contributed by atoms with E-state index >= 15 is 0 Å². The quantitative estimate of drug-likeness (QED) is 0.317. The second-order valence-electron chi connectivity index (χ2n) is 0.448. The Labute approximate surface area is 116 Å². The van der Waals surface area contributed by atoms with E-state index in [0.29, 0.717) is 0 Å². The van der Waals surface area contributed by atoms with Crippen molar-refractivity contribution >= 4 is 61.8 Å². The van der Waals surface area contributed by atoms with E-state index in [1.807, 2.05) is 0 Å². The number of rotatable bonds is 0. The van der Waals surface area contributed by atoms with Crippen LogP contribution in [0.5, 0.6) is 0 Å². The van der Waals surface area contributed by atoms with Gasteiger partial charge in [-0.05, 0) is 0 Å². The van der Waals surface area contributed by atoms with E-state index in [9.17, 15) is 0 Å². The maximum absolute atomic E-state index is 8.74. The summed E-state index contributed by atoms with van der Waals surface area (Å²) in [5, 5.41) is 0. The molecule has 0 aliphatic heterocycles. The SMILES string of the molecule is O.O.O.O.O.O.O.O=S(=O)(O)O.[KH]. The van der Waals surface area contributed by atoms with Gasteiger partial charge in [-0.3, -0.25) is 9.11 Å². The van der Waals surface area contributed by atoms with Crippen LogP contribution in [0.2, 0.25) is 0 Å². The van der Waals surface area contributed by atoms with Crippen molar-refractivity contribution in [1.82, 2.24) is 0 Å². The molecule has 0 saturated heterocycles. The van der Waals surface area contributed by atoms with Crippen LogP contribution in [0.25, 0.3) is 0 Å². The van der Waals surface area contributed by atoms with Gasteiger partial charge < -0.3 is 38.3 Å². The van der Waals surface area contributed by atoms with Crippen LogP contribution in [0.1, 0.15) is 0 Å². The molecule has 0 heterocycles. The Hall–Kier alpha value is 1.23. The van der Waals surface area contributed by atoms with Crippen LogP contribution in [-0.2, 0) is 10.4 Å². The molecule has 11 nitrogen and oxygen atoms in total. The molecule has 0 aliphatic rings. The van der Waals surface area contributed by atoms with Gasteiger partial charge >= 0.3 is 61.8 Å². The Kier molecular flexibility index (Phi) is 265. The van der Waals surface area contributed by atoms with Crippen LogP contribution >= 0.6 is 0 Å². The summed E-state index contributed by atoms with van der Waals surface area (Å²) in [5.74, 6) is 0. The summed E-state index contributed by atoms with van der Waals surface area (Å²) in [4.78, 5) is 0. The van der Waals surface area contributed by atoms with Gasteiger partial charge in [0.2, 0.25) is 0 Å². The first-order chi connectivity index (χ1) is 2.00. The fraction of sp³-hybridized carbons (Fsp3) is 0. The predicted molar refractivity (Wildman–Crippen MR) is 46.6 cm³/mol. The van der Waals surface area contributed by atoms with Crippen molar-refractivity contribution in [3.8, 4) is 0 Å². The number of hydrogen-bond donors (Lipinski definition) is 2. The molecule has 0 aromatic rings. The van der Waals surface area contributed by atoms with Gasteiger partial charge in [-0.25, -0.2) is 0 Å². The monoisotopic (exact) mass is 264 g/mol. The average molecular weight is 264 g/mol. The summed E-state index contributed by atoms with van der Waals surface area (Å²) in [6.45, 7) is 0. The molecule has 0 amide bonds. The van der Waals surface area contributed by atoms with Crippen LogP contribution in [0, 0.1) is 0 Å².